The Morgan fingerprint density at radius 2 is 2.29 bits per heavy atom. The Bertz CT molecular complexity index is 384. The molecule has 1 heterocycles. The van der Waals surface area contributed by atoms with Gasteiger partial charge >= 0.3 is 0 Å². The molecule has 1 unspecified atom stereocenters. The molecule has 0 aliphatic carbocycles. The van der Waals surface area contributed by atoms with Crippen LogP contribution >= 0.6 is 38.5 Å². The zero-order valence-corrected chi connectivity index (χ0v) is 13.8. The summed E-state index contributed by atoms with van der Waals surface area (Å²) in [6, 6.07) is 7.08. The SMILES string of the molecule is CN1CCCCC1CNc1cc(I)ccc1Br. The number of halogens is 2. The second kappa shape index (κ2) is 6.38. The number of hydrogen-bond donors (Lipinski definition) is 1. The lowest BCUT2D eigenvalue weighted by molar-refractivity contribution is 0.194. The van der Waals surface area contributed by atoms with E-state index in [1.165, 1.54) is 35.1 Å². The molecule has 1 N–H and O–H groups in total. The first kappa shape index (κ1) is 13.6. The molecule has 1 aliphatic heterocycles. The van der Waals surface area contributed by atoms with E-state index in [-0.39, 0.29) is 0 Å². The van der Waals surface area contributed by atoms with Crippen molar-refractivity contribution in [2.24, 2.45) is 0 Å². The molecule has 2 rings (SSSR count). The minimum absolute atomic E-state index is 0.675. The third-order valence-corrected chi connectivity index (χ3v) is 4.74. The lowest BCUT2D eigenvalue weighted by Gasteiger charge is -2.32. The van der Waals surface area contributed by atoms with Crippen LogP contribution in [0.5, 0.6) is 0 Å². The number of nitrogens with one attached hydrogen (secondary N) is 1. The Morgan fingerprint density at radius 3 is 3.06 bits per heavy atom. The highest BCUT2D eigenvalue weighted by Gasteiger charge is 2.18. The van der Waals surface area contributed by atoms with Crippen LogP contribution in [0.1, 0.15) is 19.3 Å². The maximum absolute atomic E-state index is 3.59. The maximum Gasteiger partial charge on any atom is 0.0495 e. The molecule has 0 bridgehead atoms. The fourth-order valence-corrected chi connectivity index (χ4v) is 3.14. The minimum Gasteiger partial charge on any atom is -0.383 e. The Morgan fingerprint density at radius 1 is 1.47 bits per heavy atom. The standard InChI is InChI=1S/C13H18BrIN2/c1-17-7-3-2-4-11(17)9-16-13-8-10(15)5-6-12(13)14/h5-6,8,11,16H,2-4,7,9H2,1H3. The van der Waals surface area contributed by atoms with Crippen LogP contribution in [0.4, 0.5) is 5.69 Å². The molecule has 0 aromatic heterocycles. The summed E-state index contributed by atoms with van der Waals surface area (Å²) in [6.45, 7) is 2.27. The highest BCUT2D eigenvalue weighted by Crippen LogP contribution is 2.25. The van der Waals surface area contributed by atoms with Gasteiger partial charge in [-0.3, -0.25) is 0 Å². The van der Waals surface area contributed by atoms with Crippen LogP contribution in [0.2, 0.25) is 0 Å². The number of anilines is 1. The molecule has 1 saturated heterocycles. The lowest BCUT2D eigenvalue weighted by Crippen LogP contribution is -2.40. The van der Waals surface area contributed by atoms with Gasteiger partial charge in [-0.2, -0.15) is 0 Å². The van der Waals surface area contributed by atoms with Crippen molar-refractivity contribution in [2.45, 2.75) is 25.3 Å². The second-order valence-electron chi connectivity index (χ2n) is 4.64. The molecule has 0 amide bonds. The maximum atomic E-state index is 3.59. The quantitative estimate of drug-likeness (QED) is 0.761. The smallest absolute Gasteiger partial charge is 0.0495 e. The van der Waals surface area contributed by atoms with E-state index in [9.17, 15) is 0 Å². The zero-order chi connectivity index (χ0) is 12.3. The summed E-state index contributed by atoms with van der Waals surface area (Å²) in [5.41, 5.74) is 1.20. The van der Waals surface area contributed by atoms with E-state index in [0.717, 1.165) is 11.0 Å². The van der Waals surface area contributed by atoms with Gasteiger partial charge in [-0.25, -0.2) is 0 Å². The first-order chi connectivity index (χ1) is 8.16. The third kappa shape index (κ3) is 3.83. The van der Waals surface area contributed by atoms with E-state index in [1.807, 2.05) is 0 Å². The fourth-order valence-electron chi connectivity index (χ4n) is 2.26. The Kier molecular flexibility index (Phi) is 5.11. The van der Waals surface area contributed by atoms with Gasteiger partial charge in [-0.05, 0) is 83.2 Å². The van der Waals surface area contributed by atoms with Crippen molar-refractivity contribution < 1.29 is 0 Å². The summed E-state index contributed by atoms with van der Waals surface area (Å²) >= 11 is 5.94. The number of likely N-dealkylation sites (tertiary alicyclic amines) is 1. The van der Waals surface area contributed by atoms with Crippen molar-refractivity contribution in [3.05, 3.63) is 26.2 Å². The molecule has 1 aliphatic rings. The molecule has 0 saturated carbocycles. The van der Waals surface area contributed by atoms with Crippen LogP contribution in [0.3, 0.4) is 0 Å². The van der Waals surface area contributed by atoms with Gasteiger partial charge in [-0.1, -0.05) is 6.42 Å². The van der Waals surface area contributed by atoms with Crippen LogP contribution in [0.15, 0.2) is 22.7 Å². The van der Waals surface area contributed by atoms with E-state index in [0.29, 0.717) is 6.04 Å². The van der Waals surface area contributed by atoms with E-state index in [4.69, 9.17) is 0 Å². The summed E-state index contributed by atoms with van der Waals surface area (Å²) in [5.74, 6) is 0. The zero-order valence-electron chi connectivity index (χ0n) is 10.0. The summed E-state index contributed by atoms with van der Waals surface area (Å²) in [4.78, 5) is 2.47. The van der Waals surface area contributed by atoms with Gasteiger partial charge in [0.2, 0.25) is 0 Å². The molecule has 1 atom stereocenters. The summed E-state index contributed by atoms with van der Waals surface area (Å²) < 4.78 is 2.42. The van der Waals surface area contributed by atoms with Gasteiger partial charge in [0.1, 0.15) is 0 Å². The van der Waals surface area contributed by atoms with Crippen LogP contribution in [0.25, 0.3) is 0 Å². The molecule has 1 aromatic rings. The second-order valence-corrected chi connectivity index (χ2v) is 6.74. The van der Waals surface area contributed by atoms with Crippen molar-refractivity contribution in [3.63, 3.8) is 0 Å². The average molecular weight is 409 g/mol. The van der Waals surface area contributed by atoms with E-state index in [1.54, 1.807) is 0 Å². The first-order valence-electron chi connectivity index (χ1n) is 6.06. The molecule has 1 fully saturated rings. The monoisotopic (exact) mass is 408 g/mol. The Labute approximate surface area is 125 Å². The fraction of sp³-hybridized carbons (Fsp3) is 0.538. The van der Waals surface area contributed by atoms with Crippen LogP contribution in [-0.4, -0.2) is 31.1 Å². The van der Waals surface area contributed by atoms with Crippen LogP contribution in [0, 0.1) is 3.57 Å². The molecular formula is C13H18BrIN2. The number of hydrogen-bond acceptors (Lipinski definition) is 2. The van der Waals surface area contributed by atoms with Gasteiger partial charge in [0, 0.05) is 26.3 Å². The number of likely N-dealkylation sites (N-methyl/N-ethyl adjacent to an activating group) is 1. The highest BCUT2D eigenvalue weighted by atomic mass is 127. The number of nitrogens with zero attached hydrogens (tertiary/aromatic N) is 1. The number of rotatable bonds is 3. The first-order valence-corrected chi connectivity index (χ1v) is 7.93. The Hall–Kier alpha value is 0.190. The topological polar surface area (TPSA) is 15.3 Å². The number of piperidine rings is 1. The van der Waals surface area contributed by atoms with Crippen molar-refractivity contribution >= 4 is 44.2 Å². The van der Waals surface area contributed by atoms with Gasteiger partial charge in [0.05, 0.1) is 0 Å². The molecule has 17 heavy (non-hydrogen) atoms. The van der Waals surface area contributed by atoms with Crippen molar-refractivity contribution in [1.82, 2.24) is 4.90 Å². The Balaban J connectivity index is 1.94. The normalized spacial score (nSPS) is 21.5. The van der Waals surface area contributed by atoms with Crippen molar-refractivity contribution in [3.8, 4) is 0 Å². The summed E-state index contributed by atoms with van der Waals surface area (Å²) in [5, 5.41) is 3.56. The number of benzene rings is 1. The van der Waals surface area contributed by atoms with Crippen LogP contribution in [-0.2, 0) is 0 Å². The van der Waals surface area contributed by atoms with Gasteiger partial charge in [0.25, 0.3) is 0 Å². The lowest BCUT2D eigenvalue weighted by atomic mass is 10.0. The molecule has 94 valence electrons. The molecule has 4 heteroatoms. The third-order valence-electron chi connectivity index (χ3n) is 3.38. The van der Waals surface area contributed by atoms with Crippen molar-refractivity contribution in [2.75, 3.05) is 25.5 Å². The van der Waals surface area contributed by atoms with Gasteiger partial charge < -0.3 is 10.2 Å². The molecular weight excluding hydrogens is 391 g/mol. The average Bonchev–Trinajstić information content (AvgIpc) is 2.32. The molecule has 1 aromatic carbocycles. The largest absolute Gasteiger partial charge is 0.383 e. The molecule has 2 nitrogen and oxygen atoms in total. The minimum atomic E-state index is 0.675. The summed E-state index contributed by atoms with van der Waals surface area (Å²) in [6.07, 6.45) is 4.02. The van der Waals surface area contributed by atoms with E-state index >= 15 is 0 Å². The highest BCUT2D eigenvalue weighted by molar-refractivity contribution is 14.1. The van der Waals surface area contributed by atoms with Crippen molar-refractivity contribution in [1.29, 1.82) is 0 Å². The van der Waals surface area contributed by atoms with E-state index < -0.39 is 0 Å². The predicted octanol–water partition coefficient (Wildman–Crippen LogP) is 3.95. The van der Waals surface area contributed by atoms with Gasteiger partial charge in [-0.15, -0.1) is 0 Å². The summed E-state index contributed by atoms with van der Waals surface area (Å²) in [7, 11) is 2.23. The molecule has 0 spiro atoms. The van der Waals surface area contributed by atoms with Crippen LogP contribution < -0.4 is 5.32 Å². The molecule has 0 radical (unpaired) electrons. The van der Waals surface area contributed by atoms with E-state index in [2.05, 4.69) is 74.0 Å². The predicted molar refractivity (Wildman–Crippen MR) is 85.6 cm³/mol. The van der Waals surface area contributed by atoms with Gasteiger partial charge in [0.15, 0.2) is 0 Å².